The fourth-order valence-electron chi connectivity index (χ4n) is 3.99. The van der Waals surface area contributed by atoms with Crippen LogP contribution in [0, 0.1) is 11.3 Å². The number of urea groups is 1. The number of hydrogen-bond acceptors (Lipinski definition) is 11. The second kappa shape index (κ2) is 13.9. The van der Waals surface area contributed by atoms with E-state index in [-0.39, 0.29) is 54.2 Å². The van der Waals surface area contributed by atoms with Gasteiger partial charge in [-0.05, 0) is 26.3 Å². The van der Waals surface area contributed by atoms with Gasteiger partial charge in [0.2, 0.25) is 16.5 Å². The molecule has 0 bridgehead atoms. The lowest BCUT2D eigenvalue weighted by Gasteiger charge is -2.36. The Hall–Kier alpha value is -5.12. The average molecular weight is 625 g/mol. The van der Waals surface area contributed by atoms with Crippen LogP contribution >= 0.6 is 11.5 Å². The number of anilines is 1. The van der Waals surface area contributed by atoms with Crippen molar-refractivity contribution in [2.45, 2.75) is 52.0 Å². The second-order valence-electron chi connectivity index (χ2n) is 10.8. The first-order valence-electron chi connectivity index (χ1n) is 13.5. The van der Waals surface area contributed by atoms with E-state index in [1.54, 1.807) is 20.8 Å². The molecule has 0 radical (unpaired) electrons. The first-order valence-corrected chi connectivity index (χ1v) is 14.3. The van der Waals surface area contributed by atoms with E-state index in [2.05, 4.69) is 35.6 Å². The van der Waals surface area contributed by atoms with Crippen LogP contribution in [0.25, 0.3) is 0 Å². The standard InChI is InChI=1S/C28H32N8O7S/c1-28(2,3)43-27(41)35-26-34-23(36-44-26)22(29)20(38)10-17-18(33-24(17)39)12-32-25(40)31-11-16-9-19(37)21(13-30-16)42-14-15-7-5-4-6-8-15/h4-9,13,17-18,29H,10-12,14H2,1-3H3,(H,30,37)(H,33,39)(H2,31,32,40)(H,34,35,36,41)/t17-,18+/m0/s1. The molecule has 1 aliphatic heterocycles. The number of rotatable bonds is 12. The number of H-pyrrole nitrogens is 1. The fourth-order valence-corrected chi connectivity index (χ4v) is 4.55. The van der Waals surface area contributed by atoms with Crippen LogP contribution in [0.1, 0.15) is 44.3 Å². The van der Waals surface area contributed by atoms with E-state index in [1.165, 1.54) is 12.3 Å². The van der Waals surface area contributed by atoms with Gasteiger partial charge in [0.25, 0.3) is 0 Å². The van der Waals surface area contributed by atoms with Crippen LogP contribution in [-0.2, 0) is 27.5 Å². The van der Waals surface area contributed by atoms with Gasteiger partial charge in [0.05, 0.1) is 18.5 Å². The molecule has 4 amide bonds. The monoisotopic (exact) mass is 624 g/mol. The van der Waals surface area contributed by atoms with Gasteiger partial charge in [0.15, 0.2) is 17.4 Å². The lowest BCUT2D eigenvalue weighted by molar-refractivity contribution is -0.137. The quantitative estimate of drug-likeness (QED) is 0.128. The van der Waals surface area contributed by atoms with Gasteiger partial charge >= 0.3 is 12.1 Å². The van der Waals surface area contributed by atoms with Crippen LogP contribution in [0.5, 0.6) is 5.75 Å². The maximum Gasteiger partial charge on any atom is 0.414 e. The largest absolute Gasteiger partial charge is 0.483 e. The molecule has 1 fully saturated rings. The van der Waals surface area contributed by atoms with Crippen LogP contribution in [0.4, 0.5) is 14.7 Å². The molecule has 15 nitrogen and oxygen atoms in total. The first kappa shape index (κ1) is 31.8. The topological polar surface area (TPSA) is 217 Å². The molecule has 0 aliphatic carbocycles. The number of hydrogen-bond donors (Lipinski definition) is 6. The van der Waals surface area contributed by atoms with Crippen molar-refractivity contribution in [2.24, 2.45) is 5.92 Å². The summed E-state index contributed by atoms with van der Waals surface area (Å²) in [7, 11) is 0. The van der Waals surface area contributed by atoms with Crippen molar-refractivity contribution in [1.29, 1.82) is 5.41 Å². The predicted molar refractivity (Wildman–Crippen MR) is 160 cm³/mol. The summed E-state index contributed by atoms with van der Waals surface area (Å²) in [5, 5.41) is 18.5. The number of pyridine rings is 1. The number of Topliss-reactive ketones (excluding diaryl/α,β-unsaturated/α-hetero) is 1. The molecule has 2 aromatic heterocycles. The van der Waals surface area contributed by atoms with Gasteiger partial charge in [-0.2, -0.15) is 9.36 Å². The number of benzene rings is 1. The highest BCUT2D eigenvalue weighted by atomic mass is 32.1. The number of nitrogens with zero attached hydrogens (tertiary/aromatic N) is 2. The Morgan fingerprint density at radius 2 is 1.86 bits per heavy atom. The fraction of sp³-hybridized carbons (Fsp3) is 0.357. The molecule has 2 atom stereocenters. The number of aromatic nitrogens is 3. The van der Waals surface area contributed by atoms with Crippen molar-refractivity contribution in [3.05, 3.63) is 69.9 Å². The molecule has 4 rings (SSSR count). The third kappa shape index (κ3) is 8.94. The van der Waals surface area contributed by atoms with Crippen LogP contribution in [-0.4, -0.2) is 62.1 Å². The maximum absolute atomic E-state index is 12.7. The number of amides is 4. The Morgan fingerprint density at radius 3 is 2.55 bits per heavy atom. The number of carbonyl (C=O) groups excluding carboxylic acids is 4. The zero-order valence-electron chi connectivity index (χ0n) is 24.2. The van der Waals surface area contributed by atoms with Crippen molar-refractivity contribution in [3.63, 3.8) is 0 Å². The minimum absolute atomic E-state index is 0.0293. The number of carbonyl (C=O) groups is 4. The molecule has 0 unspecified atom stereocenters. The molecule has 232 valence electrons. The van der Waals surface area contributed by atoms with Crippen LogP contribution in [0.15, 0.2) is 47.4 Å². The lowest BCUT2D eigenvalue weighted by Crippen LogP contribution is -2.63. The minimum atomic E-state index is -0.763. The van der Waals surface area contributed by atoms with Gasteiger partial charge in [-0.3, -0.25) is 25.1 Å². The minimum Gasteiger partial charge on any atom is -0.483 e. The molecule has 3 heterocycles. The Kier molecular flexibility index (Phi) is 10.0. The van der Waals surface area contributed by atoms with E-state index in [4.69, 9.17) is 14.9 Å². The summed E-state index contributed by atoms with van der Waals surface area (Å²) in [6.45, 7) is 5.40. The highest BCUT2D eigenvalue weighted by Gasteiger charge is 2.41. The van der Waals surface area contributed by atoms with Crippen LogP contribution < -0.4 is 31.4 Å². The molecule has 0 saturated carbocycles. The number of ether oxygens (including phenoxy) is 2. The van der Waals surface area contributed by atoms with E-state index in [0.717, 1.165) is 17.1 Å². The third-order valence-corrected chi connectivity index (χ3v) is 6.82. The summed E-state index contributed by atoms with van der Waals surface area (Å²) < 4.78 is 14.6. The smallest absolute Gasteiger partial charge is 0.414 e. The first-order chi connectivity index (χ1) is 20.9. The van der Waals surface area contributed by atoms with E-state index in [1.807, 2.05) is 30.3 Å². The number of nitrogens with one attached hydrogen (secondary N) is 6. The van der Waals surface area contributed by atoms with Gasteiger partial charge in [-0.1, -0.05) is 30.3 Å². The third-order valence-electron chi connectivity index (χ3n) is 6.19. The van der Waals surface area contributed by atoms with Crippen molar-refractivity contribution in [2.75, 3.05) is 11.9 Å². The van der Waals surface area contributed by atoms with Crippen molar-refractivity contribution in [1.82, 2.24) is 30.3 Å². The van der Waals surface area contributed by atoms with Gasteiger partial charge < -0.3 is 30.4 Å². The van der Waals surface area contributed by atoms with E-state index in [9.17, 15) is 24.0 Å². The molecule has 0 spiro atoms. The zero-order chi connectivity index (χ0) is 31.9. The summed E-state index contributed by atoms with van der Waals surface area (Å²) in [4.78, 5) is 68.3. The molecule has 1 saturated heterocycles. The number of β-lactam (4-membered cyclic amide) rings is 1. The van der Waals surface area contributed by atoms with E-state index in [0.29, 0.717) is 5.69 Å². The van der Waals surface area contributed by atoms with Crippen LogP contribution in [0.3, 0.4) is 0 Å². The molecule has 6 N–H and O–H groups in total. The predicted octanol–water partition coefficient (Wildman–Crippen LogP) is 2.09. The van der Waals surface area contributed by atoms with Crippen molar-refractivity contribution >= 4 is 46.2 Å². The summed E-state index contributed by atoms with van der Waals surface area (Å²) in [5.41, 5.74) is -0.192. The molecular weight excluding hydrogens is 592 g/mol. The molecular formula is C28H32N8O7S. The summed E-state index contributed by atoms with van der Waals surface area (Å²) >= 11 is 0.781. The SMILES string of the molecule is CC(C)(C)OC(=O)Nc1nc(C(=N)C(=O)C[C@@H]2C(=O)N[C@@H]2CNC(=O)NCc2cc(=O)c(OCc3ccccc3)c[nH]2)ns1. The highest BCUT2D eigenvalue weighted by molar-refractivity contribution is 7.10. The number of aromatic amines is 1. The van der Waals surface area contributed by atoms with Gasteiger partial charge in [-0.15, -0.1) is 0 Å². The molecule has 44 heavy (non-hydrogen) atoms. The highest BCUT2D eigenvalue weighted by Crippen LogP contribution is 2.21. The zero-order valence-corrected chi connectivity index (χ0v) is 25.0. The Labute approximate surface area is 255 Å². The van der Waals surface area contributed by atoms with Gasteiger partial charge in [-0.25, -0.2) is 9.59 Å². The summed E-state index contributed by atoms with van der Waals surface area (Å²) in [6, 6.07) is 9.66. The molecule has 1 aromatic carbocycles. The maximum atomic E-state index is 12.7. The Morgan fingerprint density at radius 1 is 1.11 bits per heavy atom. The molecule has 1 aliphatic rings. The summed E-state index contributed by atoms with van der Waals surface area (Å²) in [6.07, 6.45) is 0.397. The summed E-state index contributed by atoms with van der Waals surface area (Å²) in [5.74, 6) is -1.85. The Bertz CT molecular complexity index is 1600. The van der Waals surface area contributed by atoms with E-state index < -0.39 is 41.2 Å². The van der Waals surface area contributed by atoms with Crippen molar-refractivity contribution in [3.8, 4) is 5.75 Å². The molecule has 3 aromatic rings. The van der Waals surface area contributed by atoms with E-state index >= 15 is 0 Å². The van der Waals surface area contributed by atoms with Crippen molar-refractivity contribution < 1.29 is 28.7 Å². The molecule has 16 heteroatoms. The van der Waals surface area contributed by atoms with Crippen LogP contribution in [0.2, 0.25) is 0 Å². The lowest BCUT2D eigenvalue weighted by atomic mass is 9.85. The Balaban J connectivity index is 1.20. The average Bonchev–Trinajstić information content (AvgIpc) is 3.43. The van der Waals surface area contributed by atoms with Gasteiger partial charge in [0.1, 0.15) is 17.9 Å². The normalized spacial score (nSPS) is 15.8. The number of ketones is 1. The van der Waals surface area contributed by atoms with Gasteiger partial charge in [0, 0.05) is 42.5 Å². The second-order valence-corrected chi connectivity index (χ2v) is 11.6.